The lowest BCUT2D eigenvalue weighted by molar-refractivity contribution is -0.123. The number of carbonyl (C=O) groups excluding carboxylic acids is 1. The maximum absolute atomic E-state index is 12.5. The molecule has 5 aromatic rings. The lowest BCUT2D eigenvalue weighted by Crippen LogP contribution is -2.28. The molecule has 1 aliphatic rings. The quantitative estimate of drug-likeness (QED) is 0.287. The minimum absolute atomic E-state index is 0.112. The normalized spacial score (nSPS) is 11.8. The van der Waals surface area contributed by atoms with Crippen LogP contribution in [-0.4, -0.2) is 28.7 Å². The van der Waals surface area contributed by atoms with Crippen molar-refractivity contribution in [2.45, 2.75) is 13.1 Å². The van der Waals surface area contributed by atoms with Crippen LogP contribution in [0.2, 0.25) is 0 Å². The molecule has 2 N–H and O–H groups in total. The van der Waals surface area contributed by atoms with Crippen LogP contribution in [0, 0.1) is 0 Å². The molecule has 6 rings (SSSR count). The van der Waals surface area contributed by atoms with E-state index in [9.17, 15) is 4.79 Å². The van der Waals surface area contributed by atoms with E-state index in [0.717, 1.165) is 34.3 Å². The average molecular weight is 500 g/mol. The monoisotopic (exact) mass is 499 g/mol. The van der Waals surface area contributed by atoms with Gasteiger partial charge in [-0.2, -0.15) is 0 Å². The molecule has 7 heteroatoms. The highest BCUT2D eigenvalue weighted by atomic mass is 16.5. The summed E-state index contributed by atoms with van der Waals surface area (Å²) in [6.45, 7) is 1.05. The minimum atomic E-state index is -0.203. The lowest BCUT2D eigenvalue weighted by Gasteiger charge is -2.14. The van der Waals surface area contributed by atoms with Crippen LogP contribution in [0.3, 0.4) is 0 Å². The molecule has 1 aromatic heterocycles. The molecule has 186 valence electrons. The number of aliphatic imine (C=N–C) groups is 1. The molecule has 2 heterocycles. The Balaban J connectivity index is 1.26. The summed E-state index contributed by atoms with van der Waals surface area (Å²) in [5, 5.41) is 7.27. The van der Waals surface area contributed by atoms with Gasteiger partial charge in [0.15, 0.2) is 12.4 Å². The zero-order chi connectivity index (χ0) is 25.7. The highest BCUT2D eigenvalue weighted by Crippen LogP contribution is 2.32. The van der Waals surface area contributed by atoms with E-state index in [1.165, 1.54) is 5.56 Å². The first-order chi connectivity index (χ1) is 18.7. The van der Waals surface area contributed by atoms with Crippen molar-refractivity contribution in [2.75, 3.05) is 11.9 Å². The third kappa shape index (κ3) is 5.08. The Labute approximate surface area is 220 Å². The van der Waals surface area contributed by atoms with Gasteiger partial charge in [0.1, 0.15) is 11.6 Å². The summed E-state index contributed by atoms with van der Waals surface area (Å²) in [4.78, 5) is 26.5. The van der Waals surface area contributed by atoms with Crippen molar-refractivity contribution in [3.63, 3.8) is 0 Å². The second kappa shape index (κ2) is 10.5. The molecular formula is C31H25N5O2. The van der Waals surface area contributed by atoms with E-state index in [0.29, 0.717) is 29.5 Å². The SMILES string of the molecule is O=C(COc1ccccc1-c1nc(Nc2ccc3c(c2)C=NC3)c2ccccc2n1)NCc1ccccc1. The Kier molecular flexibility index (Phi) is 6.47. The Hall–Kier alpha value is -5.04. The fourth-order valence-corrected chi connectivity index (χ4v) is 4.38. The molecule has 4 aromatic carbocycles. The molecule has 0 fully saturated rings. The first kappa shape index (κ1) is 23.4. The van der Waals surface area contributed by atoms with Gasteiger partial charge in [-0.25, -0.2) is 9.97 Å². The van der Waals surface area contributed by atoms with E-state index in [2.05, 4.69) is 27.8 Å². The minimum Gasteiger partial charge on any atom is -0.483 e. The van der Waals surface area contributed by atoms with Crippen molar-refractivity contribution in [3.05, 3.63) is 114 Å². The lowest BCUT2D eigenvalue weighted by atomic mass is 10.1. The first-order valence-electron chi connectivity index (χ1n) is 12.4. The largest absolute Gasteiger partial charge is 0.483 e. The smallest absolute Gasteiger partial charge is 0.258 e. The van der Waals surface area contributed by atoms with Gasteiger partial charge in [0.2, 0.25) is 0 Å². The van der Waals surface area contributed by atoms with Crippen molar-refractivity contribution < 1.29 is 9.53 Å². The Morgan fingerprint density at radius 2 is 1.68 bits per heavy atom. The molecule has 0 bridgehead atoms. The zero-order valence-electron chi connectivity index (χ0n) is 20.6. The molecule has 0 aliphatic carbocycles. The second-order valence-electron chi connectivity index (χ2n) is 8.97. The van der Waals surface area contributed by atoms with Crippen LogP contribution < -0.4 is 15.4 Å². The van der Waals surface area contributed by atoms with Crippen molar-refractivity contribution >= 4 is 34.5 Å². The number of para-hydroxylation sites is 2. The maximum atomic E-state index is 12.5. The molecule has 38 heavy (non-hydrogen) atoms. The van der Waals surface area contributed by atoms with Crippen molar-refractivity contribution in [1.29, 1.82) is 0 Å². The van der Waals surface area contributed by atoms with E-state index in [1.54, 1.807) is 0 Å². The molecule has 0 radical (unpaired) electrons. The van der Waals surface area contributed by atoms with Gasteiger partial charge in [-0.1, -0.05) is 60.7 Å². The maximum Gasteiger partial charge on any atom is 0.258 e. The van der Waals surface area contributed by atoms with Crippen molar-refractivity contribution in [2.24, 2.45) is 4.99 Å². The molecule has 0 spiro atoms. The Bertz CT molecular complexity index is 1650. The number of hydrogen-bond donors (Lipinski definition) is 2. The van der Waals surface area contributed by atoms with Gasteiger partial charge in [-0.15, -0.1) is 0 Å². The van der Waals surface area contributed by atoms with E-state index >= 15 is 0 Å². The number of rotatable bonds is 8. The van der Waals surface area contributed by atoms with Crippen LogP contribution in [-0.2, 0) is 17.9 Å². The van der Waals surface area contributed by atoms with Gasteiger partial charge in [-0.3, -0.25) is 9.79 Å². The third-order valence-corrected chi connectivity index (χ3v) is 6.32. The number of anilines is 2. The highest BCUT2D eigenvalue weighted by Gasteiger charge is 2.15. The van der Waals surface area contributed by atoms with Gasteiger partial charge < -0.3 is 15.4 Å². The molecule has 0 unspecified atom stereocenters. The number of aromatic nitrogens is 2. The molecule has 0 saturated carbocycles. The topological polar surface area (TPSA) is 88.5 Å². The summed E-state index contributed by atoms with van der Waals surface area (Å²) in [5.74, 6) is 1.54. The fourth-order valence-electron chi connectivity index (χ4n) is 4.38. The molecule has 1 amide bonds. The van der Waals surface area contributed by atoms with Gasteiger partial charge >= 0.3 is 0 Å². The summed E-state index contributed by atoms with van der Waals surface area (Å²) >= 11 is 0. The van der Waals surface area contributed by atoms with Crippen LogP contribution in [0.15, 0.2) is 102 Å². The third-order valence-electron chi connectivity index (χ3n) is 6.32. The van der Waals surface area contributed by atoms with E-state index < -0.39 is 0 Å². The molecule has 1 aliphatic heterocycles. The Morgan fingerprint density at radius 3 is 2.61 bits per heavy atom. The van der Waals surface area contributed by atoms with Crippen molar-refractivity contribution in [1.82, 2.24) is 15.3 Å². The van der Waals surface area contributed by atoms with Crippen LogP contribution in [0.1, 0.15) is 16.7 Å². The number of fused-ring (bicyclic) bond motifs is 2. The highest BCUT2D eigenvalue weighted by molar-refractivity contribution is 5.93. The summed E-state index contributed by atoms with van der Waals surface area (Å²) < 4.78 is 5.94. The van der Waals surface area contributed by atoms with Crippen LogP contribution in [0.25, 0.3) is 22.3 Å². The number of nitrogens with one attached hydrogen (secondary N) is 2. The van der Waals surface area contributed by atoms with Crippen LogP contribution in [0.5, 0.6) is 5.75 Å². The first-order valence-corrected chi connectivity index (χ1v) is 12.4. The predicted molar refractivity (Wildman–Crippen MR) is 150 cm³/mol. The van der Waals surface area contributed by atoms with Gasteiger partial charge in [0.05, 0.1) is 17.6 Å². The number of ether oxygens (including phenoxy) is 1. The van der Waals surface area contributed by atoms with Crippen LogP contribution >= 0.6 is 0 Å². The Morgan fingerprint density at radius 1 is 0.868 bits per heavy atom. The second-order valence-corrected chi connectivity index (χ2v) is 8.97. The van der Waals surface area contributed by atoms with Crippen molar-refractivity contribution in [3.8, 4) is 17.1 Å². The molecule has 0 saturated heterocycles. The van der Waals surface area contributed by atoms with Gasteiger partial charge in [0.25, 0.3) is 5.91 Å². The molecule has 7 nitrogen and oxygen atoms in total. The average Bonchev–Trinajstić information content (AvgIpc) is 3.44. The summed E-state index contributed by atoms with van der Waals surface area (Å²) in [6, 6.07) is 31.3. The summed E-state index contributed by atoms with van der Waals surface area (Å²) in [6.07, 6.45) is 1.90. The number of hydrogen-bond acceptors (Lipinski definition) is 6. The number of amides is 1. The van der Waals surface area contributed by atoms with E-state index in [4.69, 9.17) is 14.7 Å². The van der Waals surface area contributed by atoms with Gasteiger partial charge in [0, 0.05) is 23.8 Å². The number of benzene rings is 4. The van der Waals surface area contributed by atoms with Crippen LogP contribution in [0.4, 0.5) is 11.5 Å². The van der Waals surface area contributed by atoms with Gasteiger partial charge in [-0.05, 0) is 53.1 Å². The summed E-state index contributed by atoms with van der Waals surface area (Å²) in [5.41, 5.74) is 5.78. The molecule has 0 atom stereocenters. The molecular weight excluding hydrogens is 474 g/mol. The standard InChI is InChI=1S/C31H25N5O2/c37-29(33-17-21-8-2-1-3-9-21)20-38-28-13-7-5-11-26(28)31-35-27-12-6-4-10-25(27)30(36-31)34-24-15-14-22-18-32-19-23(22)16-24/h1-16,19H,17-18,20H2,(H,33,37)(H,34,35,36). The number of nitrogens with zero attached hydrogens (tertiary/aromatic N) is 3. The zero-order valence-corrected chi connectivity index (χ0v) is 20.6. The fraction of sp³-hybridized carbons (Fsp3) is 0.0968. The van der Waals surface area contributed by atoms with E-state index in [-0.39, 0.29) is 12.5 Å². The summed E-state index contributed by atoms with van der Waals surface area (Å²) in [7, 11) is 0. The van der Waals surface area contributed by atoms with E-state index in [1.807, 2.05) is 91.1 Å². The predicted octanol–water partition coefficient (Wildman–Crippen LogP) is 5.67. The number of carbonyl (C=O) groups is 1.